The summed E-state index contributed by atoms with van der Waals surface area (Å²) in [4.78, 5) is 16.3. The average Bonchev–Trinajstić information content (AvgIpc) is 2.64. The van der Waals surface area contributed by atoms with Crippen LogP contribution < -0.4 is 15.0 Å². The molecule has 0 bridgehead atoms. The molecule has 126 valence electrons. The summed E-state index contributed by atoms with van der Waals surface area (Å²) < 4.78 is 5.54. The van der Waals surface area contributed by atoms with Gasteiger partial charge in [0.1, 0.15) is 5.75 Å². The molecule has 1 heterocycles. The molecule has 2 aromatic rings. The van der Waals surface area contributed by atoms with Gasteiger partial charge in [-0.15, -0.1) is 0 Å². The number of nitrogens with one attached hydrogen (secondary N) is 1. The molecule has 2 amide bonds. The van der Waals surface area contributed by atoms with E-state index in [9.17, 15) is 4.79 Å². The first-order valence-corrected chi connectivity index (χ1v) is 8.24. The number of aryl methyl sites for hydroxylation is 1. The third-order valence-corrected chi connectivity index (χ3v) is 4.17. The predicted octanol–water partition coefficient (Wildman–Crippen LogP) is 2.86. The van der Waals surface area contributed by atoms with Crippen LogP contribution in [0.1, 0.15) is 5.56 Å². The first kappa shape index (κ1) is 16.2. The summed E-state index contributed by atoms with van der Waals surface area (Å²) in [5.41, 5.74) is 2.39. The van der Waals surface area contributed by atoms with E-state index < -0.39 is 0 Å². The molecule has 0 radical (unpaired) electrons. The van der Waals surface area contributed by atoms with Gasteiger partial charge in [-0.25, -0.2) is 4.79 Å². The lowest BCUT2D eigenvalue weighted by Crippen LogP contribution is -2.52. The third kappa shape index (κ3) is 4.19. The fourth-order valence-corrected chi connectivity index (χ4v) is 2.73. The highest BCUT2D eigenvalue weighted by atomic mass is 16.5. The summed E-state index contributed by atoms with van der Waals surface area (Å²) in [6, 6.07) is 18.0. The minimum atomic E-state index is -0.0742. The van der Waals surface area contributed by atoms with Crippen molar-refractivity contribution in [2.24, 2.45) is 0 Å². The number of benzene rings is 2. The van der Waals surface area contributed by atoms with Crippen molar-refractivity contribution in [2.75, 3.05) is 37.8 Å². The van der Waals surface area contributed by atoms with E-state index in [1.807, 2.05) is 54.3 Å². The highest BCUT2D eigenvalue weighted by molar-refractivity contribution is 5.74. The Morgan fingerprint density at radius 3 is 2.33 bits per heavy atom. The molecule has 0 saturated carbocycles. The number of para-hydroxylation sites is 1. The van der Waals surface area contributed by atoms with E-state index in [4.69, 9.17) is 4.74 Å². The largest absolute Gasteiger partial charge is 0.473 e. The van der Waals surface area contributed by atoms with Crippen LogP contribution in [-0.2, 0) is 0 Å². The Labute approximate surface area is 142 Å². The van der Waals surface area contributed by atoms with Gasteiger partial charge in [0.05, 0.1) is 0 Å². The predicted molar refractivity (Wildman–Crippen MR) is 95.4 cm³/mol. The highest BCUT2D eigenvalue weighted by Gasteiger charge is 2.20. The van der Waals surface area contributed by atoms with Crippen LogP contribution in [0.25, 0.3) is 0 Å². The molecular formula is C19H23N3O2. The van der Waals surface area contributed by atoms with E-state index in [2.05, 4.69) is 22.3 Å². The molecule has 1 aliphatic rings. The van der Waals surface area contributed by atoms with Gasteiger partial charge >= 0.3 is 6.03 Å². The number of carbonyl (C=O) groups is 1. The lowest BCUT2D eigenvalue weighted by atomic mass is 10.2. The summed E-state index contributed by atoms with van der Waals surface area (Å²) in [6.07, 6.45) is 0. The average molecular weight is 325 g/mol. The Morgan fingerprint density at radius 2 is 1.67 bits per heavy atom. The van der Waals surface area contributed by atoms with Crippen LogP contribution in [0.3, 0.4) is 0 Å². The number of hydrogen-bond acceptors (Lipinski definition) is 3. The molecule has 24 heavy (non-hydrogen) atoms. The van der Waals surface area contributed by atoms with Crippen molar-refractivity contribution in [2.45, 2.75) is 6.92 Å². The molecule has 5 nitrogen and oxygen atoms in total. The zero-order valence-corrected chi connectivity index (χ0v) is 13.9. The Morgan fingerprint density at radius 1 is 1.00 bits per heavy atom. The van der Waals surface area contributed by atoms with Crippen LogP contribution in [0.4, 0.5) is 10.5 Å². The number of nitrogens with zero attached hydrogens (tertiary/aromatic N) is 2. The Hall–Kier alpha value is -2.69. The maximum Gasteiger partial charge on any atom is 0.320 e. The molecule has 0 aliphatic carbocycles. The van der Waals surface area contributed by atoms with Gasteiger partial charge in [-0.2, -0.15) is 0 Å². The van der Waals surface area contributed by atoms with E-state index in [1.165, 1.54) is 11.3 Å². The zero-order valence-electron chi connectivity index (χ0n) is 13.9. The fourth-order valence-electron chi connectivity index (χ4n) is 2.73. The van der Waals surface area contributed by atoms with Crippen LogP contribution in [0.15, 0.2) is 54.6 Å². The van der Waals surface area contributed by atoms with Crippen molar-refractivity contribution >= 4 is 11.7 Å². The van der Waals surface area contributed by atoms with Crippen molar-refractivity contribution in [3.63, 3.8) is 0 Å². The fraction of sp³-hybridized carbons (Fsp3) is 0.316. The van der Waals surface area contributed by atoms with Gasteiger partial charge in [0, 0.05) is 31.9 Å². The lowest BCUT2D eigenvalue weighted by molar-refractivity contribution is 0.181. The molecule has 0 aromatic heterocycles. The maximum atomic E-state index is 12.2. The SMILES string of the molecule is Cc1ccc(OCNC(=O)N2CCN(c3ccccc3)CC2)cc1. The topological polar surface area (TPSA) is 44.8 Å². The van der Waals surface area contributed by atoms with Crippen LogP contribution in [0.2, 0.25) is 0 Å². The number of hydrogen-bond donors (Lipinski definition) is 1. The lowest BCUT2D eigenvalue weighted by Gasteiger charge is -2.36. The molecule has 2 aromatic carbocycles. The van der Waals surface area contributed by atoms with Crippen LogP contribution in [-0.4, -0.2) is 43.8 Å². The molecule has 3 rings (SSSR count). The van der Waals surface area contributed by atoms with E-state index in [0.29, 0.717) is 13.1 Å². The number of carbonyl (C=O) groups excluding carboxylic acids is 1. The molecule has 5 heteroatoms. The van der Waals surface area contributed by atoms with Crippen molar-refractivity contribution in [1.29, 1.82) is 0 Å². The number of piperazine rings is 1. The summed E-state index contributed by atoms with van der Waals surface area (Å²) in [5, 5.41) is 2.82. The smallest absolute Gasteiger partial charge is 0.320 e. The van der Waals surface area contributed by atoms with Crippen LogP contribution in [0, 0.1) is 6.92 Å². The molecular weight excluding hydrogens is 302 g/mol. The van der Waals surface area contributed by atoms with Crippen molar-refractivity contribution < 1.29 is 9.53 Å². The quantitative estimate of drug-likeness (QED) is 0.879. The molecule has 1 aliphatic heterocycles. The second-order valence-corrected chi connectivity index (χ2v) is 5.89. The number of ether oxygens (including phenoxy) is 1. The summed E-state index contributed by atoms with van der Waals surface area (Å²) in [6.45, 7) is 5.32. The van der Waals surface area contributed by atoms with Gasteiger partial charge in [-0.3, -0.25) is 0 Å². The molecule has 1 N–H and O–H groups in total. The van der Waals surface area contributed by atoms with Gasteiger partial charge in [0.2, 0.25) is 0 Å². The molecule has 0 atom stereocenters. The van der Waals surface area contributed by atoms with Crippen molar-refractivity contribution in [3.8, 4) is 5.75 Å². The van der Waals surface area contributed by atoms with Gasteiger partial charge < -0.3 is 19.9 Å². The van der Waals surface area contributed by atoms with Gasteiger partial charge in [-0.1, -0.05) is 35.9 Å². The van der Waals surface area contributed by atoms with Crippen LogP contribution in [0.5, 0.6) is 5.75 Å². The third-order valence-electron chi connectivity index (χ3n) is 4.17. The summed E-state index contributed by atoms with van der Waals surface area (Å²) in [5.74, 6) is 0.759. The van der Waals surface area contributed by atoms with Gasteiger partial charge in [0.15, 0.2) is 6.73 Å². The Balaban J connectivity index is 1.41. The summed E-state index contributed by atoms with van der Waals surface area (Å²) in [7, 11) is 0. The van der Waals surface area contributed by atoms with E-state index >= 15 is 0 Å². The molecule has 1 fully saturated rings. The monoisotopic (exact) mass is 325 g/mol. The number of rotatable bonds is 4. The first-order chi connectivity index (χ1) is 11.7. The standard InChI is InChI=1S/C19H23N3O2/c1-16-7-9-18(10-8-16)24-15-20-19(23)22-13-11-21(12-14-22)17-5-3-2-4-6-17/h2-10H,11-15H2,1H3,(H,20,23). The Bertz CT molecular complexity index is 650. The number of urea groups is 1. The van der Waals surface area contributed by atoms with Gasteiger partial charge in [-0.05, 0) is 31.2 Å². The van der Waals surface area contributed by atoms with E-state index in [1.54, 1.807) is 0 Å². The highest BCUT2D eigenvalue weighted by Crippen LogP contribution is 2.15. The normalized spacial score (nSPS) is 14.4. The molecule has 0 spiro atoms. The van der Waals surface area contributed by atoms with Crippen molar-refractivity contribution in [3.05, 3.63) is 60.2 Å². The second kappa shape index (κ2) is 7.73. The minimum absolute atomic E-state index is 0.0742. The first-order valence-electron chi connectivity index (χ1n) is 8.24. The maximum absolute atomic E-state index is 12.2. The van der Waals surface area contributed by atoms with Crippen LogP contribution >= 0.6 is 0 Å². The van der Waals surface area contributed by atoms with Gasteiger partial charge in [0.25, 0.3) is 0 Å². The minimum Gasteiger partial charge on any atom is -0.473 e. The van der Waals surface area contributed by atoms with E-state index in [-0.39, 0.29) is 12.8 Å². The van der Waals surface area contributed by atoms with Crippen molar-refractivity contribution in [1.82, 2.24) is 10.2 Å². The number of anilines is 1. The Kier molecular flexibility index (Phi) is 5.21. The molecule has 1 saturated heterocycles. The number of amides is 2. The van der Waals surface area contributed by atoms with E-state index in [0.717, 1.165) is 18.8 Å². The zero-order chi connectivity index (χ0) is 16.8. The second-order valence-electron chi connectivity index (χ2n) is 5.89. The summed E-state index contributed by atoms with van der Waals surface area (Å²) >= 11 is 0. The molecule has 0 unspecified atom stereocenters.